The van der Waals surface area contributed by atoms with Crippen LogP contribution in [0.4, 0.5) is 0 Å². The predicted octanol–water partition coefficient (Wildman–Crippen LogP) is 0.969. The quantitative estimate of drug-likeness (QED) is 0.782. The van der Waals surface area contributed by atoms with E-state index < -0.39 is 0 Å². The minimum Gasteiger partial charge on any atom is -0.350 e. The van der Waals surface area contributed by atoms with Crippen molar-refractivity contribution in [3.63, 3.8) is 0 Å². The van der Waals surface area contributed by atoms with Gasteiger partial charge in [0.15, 0.2) is 0 Å². The number of nitrogens with one attached hydrogen (secondary N) is 1. The molecule has 92 valence electrons. The zero-order chi connectivity index (χ0) is 12.3. The van der Waals surface area contributed by atoms with Gasteiger partial charge in [-0.25, -0.2) is 4.68 Å². The van der Waals surface area contributed by atoms with Crippen LogP contribution in [0.3, 0.4) is 0 Å². The molecule has 0 spiro atoms. The smallest absolute Gasteiger partial charge is 0.230 e. The molecule has 0 unspecified atom stereocenters. The van der Waals surface area contributed by atoms with Crippen LogP contribution in [-0.4, -0.2) is 38.4 Å². The van der Waals surface area contributed by atoms with E-state index in [0.29, 0.717) is 16.2 Å². The number of tetrazole rings is 1. The Kier molecular flexibility index (Phi) is 4.01. The van der Waals surface area contributed by atoms with E-state index in [9.17, 15) is 4.79 Å². The molecule has 0 aliphatic heterocycles. The summed E-state index contributed by atoms with van der Waals surface area (Å²) in [5, 5.41) is 15.1. The molecule has 1 aliphatic carbocycles. The van der Waals surface area contributed by atoms with Gasteiger partial charge in [-0.3, -0.25) is 4.79 Å². The number of hydrogen-bond acceptors (Lipinski definition) is 5. The largest absolute Gasteiger partial charge is 0.350 e. The number of rotatable bonds is 6. The van der Waals surface area contributed by atoms with Crippen molar-refractivity contribution in [1.29, 1.82) is 0 Å². The second-order valence-corrected chi connectivity index (χ2v) is 5.20. The highest BCUT2D eigenvalue weighted by molar-refractivity contribution is 7.99. The summed E-state index contributed by atoms with van der Waals surface area (Å²) >= 11 is 6.87. The van der Waals surface area contributed by atoms with Crippen LogP contribution in [0.15, 0.2) is 16.8 Å². The molecule has 1 amide bonds. The van der Waals surface area contributed by atoms with Gasteiger partial charge in [-0.15, -0.1) is 5.10 Å². The van der Waals surface area contributed by atoms with Gasteiger partial charge in [-0.2, -0.15) is 0 Å². The number of amides is 1. The molecule has 1 heterocycles. The molecule has 1 aliphatic rings. The van der Waals surface area contributed by atoms with Crippen molar-refractivity contribution < 1.29 is 4.79 Å². The minimum absolute atomic E-state index is 0.109. The molecule has 17 heavy (non-hydrogen) atoms. The fourth-order valence-corrected chi connectivity index (χ4v) is 2.05. The van der Waals surface area contributed by atoms with Gasteiger partial charge in [0.25, 0.3) is 0 Å². The predicted molar refractivity (Wildman–Crippen MR) is 64.8 cm³/mol. The first-order valence-electron chi connectivity index (χ1n) is 5.17. The fourth-order valence-electron chi connectivity index (χ4n) is 1.20. The normalized spacial score (nSPS) is 14.6. The monoisotopic (exact) mass is 273 g/mol. The molecule has 8 heteroatoms. The first kappa shape index (κ1) is 12.4. The first-order chi connectivity index (χ1) is 8.16. The summed E-state index contributed by atoms with van der Waals surface area (Å²) in [7, 11) is 0. The summed E-state index contributed by atoms with van der Waals surface area (Å²) < 4.78 is 1.78. The number of aromatic nitrogens is 4. The Labute approximate surface area is 108 Å². The van der Waals surface area contributed by atoms with Crippen LogP contribution >= 0.6 is 23.4 Å². The van der Waals surface area contributed by atoms with Crippen molar-refractivity contribution in [2.24, 2.45) is 0 Å². The fraction of sp³-hybridized carbons (Fsp3) is 0.556. The molecule has 0 aromatic carbocycles. The topological polar surface area (TPSA) is 72.7 Å². The minimum atomic E-state index is -0.109. The molecule has 1 fully saturated rings. The Balaban J connectivity index is 1.78. The number of thioether (sulfide) groups is 1. The maximum atomic E-state index is 11.4. The van der Waals surface area contributed by atoms with E-state index in [-0.39, 0.29) is 18.2 Å². The third-order valence-electron chi connectivity index (χ3n) is 2.17. The number of halogens is 1. The lowest BCUT2D eigenvalue weighted by atomic mass is 10.6. The molecule has 2 rings (SSSR count). The third-order valence-corrected chi connectivity index (χ3v) is 3.23. The zero-order valence-corrected chi connectivity index (χ0v) is 10.7. The van der Waals surface area contributed by atoms with Gasteiger partial charge in [0, 0.05) is 5.03 Å². The molecule has 0 saturated heterocycles. The Hall–Kier alpha value is -1.08. The average Bonchev–Trinajstić information content (AvgIpc) is 3.03. The van der Waals surface area contributed by atoms with Crippen LogP contribution in [0.2, 0.25) is 0 Å². The molecule has 0 atom stereocenters. The standard InChI is InChI=1S/C9H12ClN5OS/c1-6(10)4-11-8(16)5-17-9-12-13-14-15(9)7-2-3-7/h7H,1-5H2,(H,11,16). The van der Waals surface area contributed by atoms with Gasteiger partial charge in [0.05, 0.1) is 18.3 Å². The zero-order valence-electron chi connectivity index (χ0n) is 9.10. The summed E-state index contributed by atoms with van der Waals surface area (Å²) in [4.78, 5) is 11.4. The summed E-state index contributed by atoms with van der Waals surface area (Å²) in [5.41, 5.74) is 0. The molecule has 1 saturated carbocycles. The highest BCUT2D eigenvalue weighted by atomic mass is 35.5. The van der Waals surface area contributed by atoms with Gasteiger partial charge < -0.3 is 5.32 Å². The average molecular weight is 274 g/mol. The summed E-state index contributed by atoms with van der Waals surface area (Å²) in [6.07, 6.45) is 2.22. The van der Waals surface area contributed by atoms with E-state index in [4.69, 9.17) is 11.6 Å². The van der Waals surface area contributed by atoms with Crippen LogP contribution in [0, 0.1) is 0 Å². The van der Waals surface area contributed by atoms with Gasteiger partial charge in [-0.05, 0) is 23.3 Å². The van der Waals surface area contributed by atoms with Gasteiger partial charge in [0.2, 0.25) is 11.1 Å². The van der Waals surface area contributed by atoms with E-state index in [0.717, 1.165) is 12.8 Å². The molecular weight excluding hydrogens is 262 g/mol. The number of nitrogens with zero attached hydrogens (tertiary/aromatic N) is 4. The van der Waals surface area contributed by atoms with Crippen molar-refractivity contribution in [2.75, 3.05) is 12.3 Å². The summed E-state index contributed by atoms with van der Waals surface area (Å²) in [5.74, 6) is 0.166. The molecule has 1 aromatic rings. The maximum absolute atomic E-state index is 11.4. The second-order valence-electron chi connectivity index (χ2n) is 3.72. The van der Waals surface area contributed by atoms with E-state index in [1.54, 1.807) is 4.68 Å². The van der Waals surface area contributed by atoms with E-state index >= 15 is 0 Å². The lowest BCUT2D eigenvalue weighted by Gasteiger charge is -2.03. The van der Waals surface area contributed by atoms with Crippen molar-refractivity contribution in [3.8, 4) is 0 Å². The second kappa shape index (κ2) is 5.50. The summed E-state index contributed by atoms with van der Waals surface area (Å²) in [6, 6.07) is 0.415. The Bertz CT molecular complexity index is 431. The van der Waals surface area contributed by atoms with Crippen molar-refractivity contribution >= 4 is 29.3 Å². The van der Waals surface area contributed by atoms with Crippen molar-refractivity contribution in [1.82, 2.24) is 25.5 Å². The van der Waals surface area contributed by atoms with E-state index in [1.807, 2.05) is 0 Å². The van der Waals surface area contributed by atoms with Crippen molar-refractivity contribution in [2.45, 2.75) is 24.0 Å². The molecular formula is C9H12ClN5OS. The van der Waals surface area contributed by atoms with Crippen LogP contribution in [-0.2, 0) is 4.79 Å². The van der Waals surface area contributed by atoms with Crippen LogP contribution in [0.5, 0.6) is 0 Å². The molecule has 1 aromatic heterocycles. The molecule has 6 nitrogen and oxygen atoms in total. The SMILES string of the molecule is C=C(Cl)CNC(=O)CSc1nnnn1C1CC1. The number of hydrogen-bond donors (Lipinski definition) is 1. The van der Waals surface area contributed by atoms with E-state index in [1.165, 1.54) is 11.8 Å². The molecule has 1 N–H and O–H groups in total. The molecule has 0 bridgehead atoms. The van der Waals surface area contributed by atoms with Crippen LogP contribution in [0.25, 0.3) is 0 Å². The van der Waals surface area contributed by atoms with Crippen LogP contribution < -0.4 is 5.32 Å². The van der Waals surface area contributed by atoms with Gasteiger partial charge in [-0.1, -0.05) is 29.9 Å². The highest BCUT2D eigenvalue weighted by Gasteiger charge is 2.28. The number of carbonyl (C=O) groups is 1. The Morgan fingerprint density at radius 1 is 1.65 bits per heavy atom. The maximum Gasteiger partial charge on any atom is 0.230 e. The number of carbonyl (C=O) groups excluding carboxylic acids is 1. The Morgan fingerprint density at radius 3 is 3.06 bits per heavy atom. The lowest BCUT2D eigenvalue weighted by Crippen LogP contribution is -2.26. The molecule has 0 radical (unpaired) electrons. The van der Waals surface area contributed by atoms with Crippen LogP contribution in [0.1, 0.15) is 18.9 Å². The third kappa shape index (κ3) is 3.71. The Morgan fingerprint density at radius 2 is 2.41 bits per heavy atom. The first-order valence-corrected chi connectivity index (χ1v) is 6.54. The van der Waals surface area contributed by atoms with E-state index in [2.05, 4.69) is 27.4 Å². The lowest BCUT2D eigenvalue weighted by molar-refractivity contribution is -0.118. The van der Waals surface area contributed by atoms with Crippen molar-refractivity contribution in [3.05, 3.63) is 11.6 Å². The summed E-state index contributed by atoms with van der Waals surface area (Å²) in [6.45, 7) is 3.78. The van der Waals surface area contributed by atoms with Gasteiger partial charge in [0.1, 0.15) is 0 Å². The highest BCUT2D eigenvalue weighted by Crippen LogP contribution is 2.36. The van der Waals surface area contributed by atoms with Gasteiger partial charge >= 0.3 is 0 Å².